The molecule has 104 valence electrons. The van der Waals surface area contributed by atoms with Gasteiger partial charge in [0.25, 0.3) is 0 Å². The summed E-state index contributed by atoms with van der Waals surface area (Å²) in [4.78, 5) is 14.7. The molecule has 1 amide bonds. The van der Waals surface area contributed by atoms with Crippen LogP contribution in [0.3, 0.4) is 0 Å². The molecular weight excluding hydrogens is 248 g/mol. The normalized spacial score (nSPS) is 18.3. The van der Waals surface area contributed by atoms with Gasteiger partial charge in [0, 0.05) is 27.3 Å². The molecule has 18 heavy (non-hydrogen) atoms. The maximum absolute atomic E-state index is 12.6. The molecule has 0 aromatic heterocycles. The van der Waals surface area contributed by atoms with Crippen LogP contribution in [0.4, 0.5) is 0 Å². The predicted molar refractivity (Wildman–Crippen MR) is 76.4 cm³/mol. The topological polar surface area (TPSA) is 55.6 Å². The number of ether oxygens (including phenoxy) is 1. The van der Waals surface area contributed by atoms with Crippen molar-refractivity contribution in [1.82, 2.24) is 4.90 Å². The number of methoxy groups -OCH3 is 1. The Morgan fingerprint density at radius 2 is 2.00 bits per heavy atom. The fraction of sp³-hybridized carbons (Fsp3) is 0.846. The Bertz CT molecular complexity index is 301. The Morgan fingerprint density at radius 1 is 1.39 bits per heavy atom. The van der Waals surface area contributed by atoms with Gasteiger partial charge in [-0.3, -0.25) is 4.79 Å². The summed E-state index contributed by atoms with van der Waals surface area (Å²) in [5.41, 5.74) is 5.27. The van der Waals surface area contributed by atoms with Crippen LogP contribution in [-0.4, -0.2) is 43.1 Å². The zero-order valence-electron chi connectivity index (χ0n) is 11.4. The highest BCUT2D eigenvalue weighted by atomic mass is 32.1. The predicted octanol–water partition coefficient (Wildman–Crippen LogP) is 1.72. The van der Waals surface area contributed by atoms with Gasteiger partial charge in [-0.1, -0.05) is 31.5 Å². The number of hydrogen-bond acceptors (Lipinski definition) is 3. The van der Waals surface area contributed by atoms with E-state index in [1.54, 1.807) is 12.0 Å². The van der Waals surface area contributed by atoms with E-state index in [0.717, 1.165) is 32.1 Å². The Hall–Kier alpha value is -0.680. The maximum atomic E-state index is 12.6. The molecule has 1 fully saturated rings. The van der Waals surface area contributed by atoms with Gasteiger partial charge in [-0.2, -0.15) is 0 Å². The van der Waals surface area contributed by atoms with E-state index in [4.69, 9.17) is 22.7 Å². The standard InChI is InChI=1S/C13H24N2O2S/c1-15(9-6-10-17-2)12(16)13(11(14)18)7-4-3-5-8-13/h3-10H2,1-2H3,(H2,14,18). The minimum absolute atomic E-state index is 0.0887. The van der Waals surface area contributed by atoms with Crippen molar-refractivity contribution in [1.29, 1.82) is 0 Å². The molecule has 5 heteroatoms. The van der Waals surface area contributed by atoms with Crippen molar-refractivity contribution >= 4 is 23.1 Å². The lowest BCUT2D eigenvalue weighted by atomic mass is 9.73. The summed E-state index contributed by atoms with van der Waals surface area (Å²) in [5.74, 6) is 0.0887. The van der Waals surface area contributed by atoms with Crippen LogP contribution in [0.15, 0.2) is 0 Å². The van der Waals surface area contributed by atoms with Gasteiger partial charge in [-0.05, 0) is 19.3 Å². The molecule has 1 aliphatic carbocycles. The SMILES string of the molecule is COCCCN(C)C(=O)C1(C(N)=S)CCCCC1. The van der Waals surface area contributed by atoms with Gasteiger partial charge in [0.2, 0.25) is 5.91 Å². The smallest absolute Gasteiger partial charge is 0.235 e. The molecule has 1 saturated carbocycles. The molecule has 0 aromatic carbocycles. The Labute approximate surface area is 115 Å². The Kier molecular flexibility index (Phi) is 6.02. The molecule has 0 unspecified atom stereocenters. The summed E-state index contributed by atoms with van der Waals surface area (Å²) < 4.78 is 5.00. The number of nitrogens with zero attached hydrogens (tertiary/aromatic N) is 1. The molecule has 0 heterocycles. The lowest BCUT2D eigenvalue weighted by Crippen LogP contribution is -2.50. The first-order valence-corrected chi connectivity index (χ1v) is 7.00. The third kappa shape index (κ3) is 3.42. The second-order valence-corrected chi connectivity index (χ2v) is 5.52. The number of rotatable bonds is 6. The van der Waals surface area contributed by atoms with Crippen molar-refractivity contribution in [3.63, 3.8) is 0 Å². The highest BCUT2D eigenvalue weighted by Crippen LogP contribution is 2.38. The largest absolute Gasteiger partial charge is 0.392 e. The van der Waals surface area contributed by atoms with Crippen LogP contribution >= 0.6 is 12.2 Å². The minimum Gasteiger partial charge on any atom is -0.392 e. The van der Waals surface area contributed by atoms with Crippen LogP contribution in [0.5, 0.6) is 0 Å². The molecule has 1 rings (SSSR count). The summed E-state index contributed by atoms with van der Waals surface area (Å²) in [5, 5.41) is 0. The fourth-order valence-corrected chi connectivity index (χ4v) is 2.93. The van der Waals surface area contributed by atoms with E-state index < -0.39 is 5.41 Å². The molecule has 0 saturated heterocycles. The average Bonchev–Trinajstić information content (AvgIpc) is 2.38. The van der Waals surface area contributed by atoms with Gasteiger partial charge >= 0.3 is 0 Å². The third-order valence-corrected chi connectivity index (χ3v) is 4.17. The van der Waals surface area contributed by atoms with Crippen LogP contribution in [-0.2, 0) is 9.53 Å². The summed E-state index contributed by atoms with van der Waals surface area (Å²) in [6, 6.07) is 0. The van der Waals surface area contributed by atoms with Crippen LogP contribution in [0.1, 0.15) is 38.5 Å². The molecule has 0 aliphatic heterocycles. The zero-order chi connectivity index (χ0) is 13.6. The number of carbonyl (C=O) groups is 1. The van der Waals surface area contributed by atoms with Crippen molar-refractivity contribution in [2.75, 3.05) is 27.3 Å². The van der Waals surface area contributed by atoms with Crippen molar-refractivity contribution in [3.8, 4) is 0 Å². The second-order valence-electron chi connectivity index (χ2n) is 5.08. The Balaban J connectivity index is 2.67. The van der Waals surface area contributed by atoms with E-state index in [1.165, 1.54) is 6.42 Å². The van der Waals surface area contributed by atoms with Gasteiger partial charge < -0.3 is 15.4 Å². The van der Waals surface area contributed by atoms with Gasteiger partial charge in [0.1, 0.15) is 0 Å². The van der Waals surface area contributed by atoms with E-state index in [0.29, 0.717) is 18.1 Å². The van der Waals surface area contributed by atoms with E-state index in [2.05, 4.69) is 0 Å². The van der Waals surface area contributed by atoms with E-state index >= 15 is 0 Å². The lowest BCUT2D eigenvalue weighted by Gasteiger charge is -2.37. The molecule has 0 spiro atoms. The van der Waals surface area contributed by atoms with Crippen LogP contribution in [0.25, 0.3) is 0 Å². The van der Waals surface area contributed by atoms with Crippen molar-refractivity contribution in [2.45, 2.75) is 38.5 Å². The maximum Gasteiger partial charge on any atom is 0.235 e. The molecule has 2 N–H and O–H groups in total. The average molecular weight is 272 g/mol. The van der Waals surface area contributed by atoms with Crippen molar-refractivity contribution in [3.05, 3.63) is 0 Å². The van der Waals surface area contributed by atoms with Crippen molar-refractivity contribution in [2.24, 2.45) is 11.1 Å². The summed E-state index contributed by atoms with van der Waals surface area (Å²) in [6.07, 6.45) is 5.69. The van der Waals surface area contributed by atoms with Gasteiger partial charge in [0.05, 0.1) is 10.4 Å². The number of amides is 1. The molecule has 1 aliphatic rings. The first-order chi connectivity index (χ1) is 8.54. The molecule has 0 bridgehead atoms. The lowest BCUT2D eigenvalue weighted by molar-refractivity contribution is -0.138. The first kappa shape index (κ1) is 15.4. The van der Waals surface area contributed by atoms with E-state index in [-0.39, 0.29) is 5.91 Å². The monoisotopic (exact) mass is 272 g/mol. The molecule has 0 atom stereocenters. The molecular formula is C13H24N2O2S. The minimum atomic E-state index is -0.588. The quantitative estimate of drug-likeness (QED) is 0.591. The fourth-order valence-electron chi connectivity index (χ4n) is 2.63. The molecule has 4 nitrogen and oxygen atoms in total. The van der Waals surface area contributed by atoms with Gasteiger partial charge in [-0.15, -0.1) is 0 Å². The van der Waals surface area contributed by atoms with Crippen molar-refractivity contribution < 1.29 is 9.53 Å². The molecule has 0 aromatic rings. The van der Waals surface area contributed by atoms with Crippen LogP contribution in [0.2, 0.25) is 0 Å². The van der Waals surface area contributed by atoms with Crippen LogP contribution < -0.4 is 5.73 Å². The summed E-state index contributed by atoms with van der Waals surface area (Å²) in [6.45, 7) is 1.36. The third-order valence-electron chi connectivity index (χ3n) is 3.78. The number of hydrogen-bond donors (Lipinski definition) is 1. The van der Waals surface area contributed by atoms with E-state index in [1.807, 2.05) is 7.05 Å². The number of nitrogens with two attached hydrogens (primary N) is 1. The zero-order valence-corrected chi connectivity index (χ0v) is 12.2. The highest BCUT2D eigenvalue weighted by molar-refractivity contribution is 7.80. The highest BCUT2D eigenvalue weighted by Gasteiger charge is 2.43. The summed E-state index contributed by atoms with van der Waals surface area (Å²) >= 11 is 5.16. The first-order valence-electron chi connectivity index (χ1n) is 6.59. The van der Waals surface area contributed by atoms with E-state index in [9.17, 15) is 4.79 Å². The number of thiocarbonyl (C=S) groups is 1. The Morgan fingerprint density at radius 3 is 2.50 bits per heavy atom. The summed E-state index contributed by atoms with van der Waals surface area (Å²) in [7, 11) is 3.49. The second kappa shape index (κ2) is 7.04. The van der Waals surface area contributed by atoms with Gasteiger partial charge in [0.15, 0.2) is 0 Å². The van der Waals surface area contributed by atoms with Crippen LogP contribution in [0, 0.1) is 5.41 Å². The molecule has 0 radical (unpaired) electrons. The number of carbonyl (C=O) groups excluding carboxylic acids is 1. The van der Waals surface area contributed by atoms with Gasteiger partial charge in [-0.25, -0.2) is 0 Å².